The van der Waals surface area contributed by atoms with Gasteiger partial charge in [0.05, 0.1) is 11.9 Å². The first-order valence-corrected chi connectivity index (χ1v) is 5.38. The molecule has 0 aliphatic rings. The second-order valence-electron chi connectivity index (χ2n) is 3.71. The summed E-state index contributed by atoms with van der Waals surface area (Å²) in [6.45, 7) is 2.62. The van der Waals surface area contributed by atoms with E-state index < -0.39 is 0 Å². The maximum atomic E-state index is 8.95. The highest BCUT2D eigenvalue weighted by molar-refractivity contribution is 5.52. The molecule has 0 aliphatic carbocycles. The first-order chi connectivity index (χ1) is 8.29. The van der Waals surface area contributed by atoms with Crippen molar-refractivity contribution in [3.63, 3.8) is 0 Å². The van der Waals surface area contributed by atoms with E-state index in [1.807, 2.05) is 13.0 Å². The Kier molecular flexibility index (Phi) is 3.36. The molecule has 5 nitrogen and oxygen atoms in total. The van der Waals surface area contributed by atoms with Crippen LogP contribution in [0.3, 0.4) is 0 Å². The minimum Gasteiger partial charge on any atom is -0.369 e. The molecule has 0 aromatic carbocycles. The molecular formula is C12H13N5. The predicted molar refractivity (Wildman–Crippen MR) is 64.5 cm³/mol. The molecule has 0 saturated heterocycles. The number of aromatic nitrogens is 3. The first-order valence-electron chi connectivity index (χ1n) is 5.38. The number of pyridine rings is 1. The molecule has 2 heterocycles. The van der Waals surface area contributed by atoms with E-state index in [0.29, 0.717) is 17.9 Å². The van der Waals surface area contributed by atoms with Gasteiger partial charge >= 0.3 is 0 Å². The Morgan fingerprint density at radius 1 is 1.47 bits per heavy atom. The molecule has 5 heteroatoms. The SMILES string of the molecule is Cc1ccc(C#N)c(NCCc2cnc[nH]2)n1. The molecule has 0 amide bonds. The molecule has 0 aliphatic heterocycles. The quantitative estimate of drug-likeness (QED) is 0.832. The molecule has 2 aromatic heterocycles. The summed E-state index contributed by atoms with van der Waals surface area (Å²) in [5.41, 5.74) is 2.52. The number of anilines is 1. The molecule has 0 fully saturated rings. The number of imidazole rings is 1. The number of hydrogen-bond acceptors (Lipinski definition) is 4. The van der Waals surface area contributed by atoms with Gasteiger partial charge in [-0.3, -0.25) is 0 Å². The number of nitriles is 1. The molecule has 0 unspecified atom stereocenters. The van der Waals surface area contributed by atoms with Gasteiger partial charge in [0, 0.05) is 30.6 Å². The summed E-state index contributed by atoms with van der Waals surface area (Å²) < 4.78 is 0. The molecule has 0 atom stereocenters. The third-order valence-corrected chi connectivity index (χ3v) is 2.40. The molecule has 17 heavy (non-hydrogen) atoms. The lowest BCUT2D eigenvalue weighted by atomic mass is 10.2. The molecule has 86 valence electrons. The van der Waals surface area contributed by atoms with Gasteiger partial charge in [-0.05, 0) is 19.1 Å². The Hall–Kier alpha value is -2.35. The fourth-order valence-corrected chi connectivity index (χ4v) is 1.52. The van der Waals surface area contributed by atoms with E-state index >= 15 is 0 Å². The lowest BCUT2D eigenvalue weighted by Gasteiger charge is -2.07. The van der Waals surface area contributed by atoms with Gasteiger partial charge in [0.2, 0.25) is 0 Å². The van der Waals surface area contributed by atoms with Crippen LogP contribution in [0.2, 0.25) is 0 Å². The van der Waals surface area contributed by atoms with E-state index in [0.717, 1.165) is 17.8 Å². The molecular weight excluding hydrogens is 214 g/mol. The smallest absolute Gasteiger partial charge is 0.144 e. The number of nitrogens with one attached hydrogen (secondary N) is 2. The minimum atomic E-state index is 0.570. The molecule has 2 aromatic rings. The van der Waals surface area contributed by atoms with E-state index in [2.05, 4.69) is 26.3 Å². The Bertz CT molecular complexity index is 524. The largest absolute Gasteiger partial charge is 0.369 e. The third-order valence-electron chi connectivity index (χ3n) is 2.40. The van der Waals surface area contributed by atoms with Crippen LogP contribution in [0.25, 0.3) is 0 Å². The van der Waals surface area contributed by atoms with Gasteiger partial charge in [-0.15, -0.1) is 0 Å². The maximum absolute atomic E-state index is 8.95. The Morgan fingerprint density at radius 3 is 3.06 bits per heavy atom. The van der Waals surface area contributed by atoms with Crippen molar-refractivity contribution in [1.82, 2.24) is 15.0 Å². The average Bonchev–Trinajstić information content (AvgIpc) is 2.82. The zero-order chi connectivity index (χ0) is 12.1. The van der Waals surface area contributed by atoms with Crippen molar-refractivity contribution >= 4 is 5.82 Å². The number of rotatable bonds is 4. The van der Waals surface area contributed by atoms with Crippen molar-refractivity contribution in [3.8, 4) is 6.07 Å². The molecule has 2 N–H and O–H groups in total. The van der Waals surface area contributed by atoms with E-state index in [1.54, 1.807) is 18.6 Å². The highest BCUT2D eigenvalue weighted by Crippen LogP contribution is 2.11. The summed E-state index contributed by atoms with van der Waals surface area (Å²) in [6.07, 6.45) is 4.26. The van der Waals surface area contributed by atoms with Crippen LogP contribution in [-0.4, -0.2) is 21.5 Å². The van der Waals surface area contributed by atoms with Crippen LogP contribution in [-0.2, 0) is 6.42 Å². The third kappa shape index (κ3) is 2.82. The Labute approximate surface area is 99.5 Å². The number of nitrogens with zero attached hydrogens (tertiary/aromatic N) is 3. The average molecular weight is 227 g/mol. The molecule has 2 rings (SSSR count). The van der Waals surface area contributed by atoms with Crippen LogP contribution in [0.4, 0.5) is 5.82 Å². The first kappa shape index (κ1) is 11.1. The van der Waals surface area contributed by atoms with Gasteiger partial charge in [0.25, 0.3) is 0 Å². The highest BCUT2D eigenvalue weighted by Gasteiger charge is 2.03. The van der Waals surface area contributed by atoms with Crippen molar-refractivity contribution in [2.24, 2.45) is 0 Å². The number of aromatic amines is 1. The molecule has 0 radical (unpaired) electrons. The van der Waals surface area contributed by atoms with Crippen LogP contribution in [0.5, 0.6) is 0 Å². The van der Waals surface area contributed by atoms with Crippen molar-refractivity contribution in [3.05, 3.63) is 41.6 Å². The van der Waals surface area contributed by atoms with Gasteiger partial charge in [0.15, 0.2) is 0 Å². The van der Waals surface area contributed by atoms with Gasteiger partial charge in [-0.25, -0.2) is 9.97 Å². The second-order valence-corrected chi connectivity index (χ2v) is 3.71. The van der Waals surface area contributed by atoms with Crippen molar-refractivity contribution in [1.29, 1.82) is 5.26 Å². The van der Waals surface area contributed by atoms with Gasteiger partial charge in [-0.2, -0.15) is 5.26 Å². The van der Waals surface area contributed by atoms with Crippen LogP contribution in [0, 0.1) is 18.3 Å². The monoisotopic (exact) mass is 227 g/mol. The summed E-state index contributed by atoms with van der Waals surface area (Å²) >= 11 is 0. The van der Waals surface area contributed by atoms with Crippen LogP contribution in [0.15, 0.2) is 24.7 Å². The summed E-state index contributed by atoms with van der Waals surface area (Å²) in [5.74, 6) is 0.645. The van der Waals surface area contributed by atoms with Crippen LogP contribution in [0.1, 0.15) is 17.0 Å². The van der Waals surface area contributed by atoms with Gasteiger partial charge < -0.3 is 10.3 Å². The maximum Gasteiger partial charge on any atom is 0.144 e. The summed E-state index contributed by atoms with van der Waals surface area (Å²) in [4.78, 5) is 11.3. The van der Waals surface area contributed by atoms with Gasteiger partial charge in [0.1, 0.15) is 11.9 Å². The van der Waals surface area contributed by atoms with Crippen molar-refractivity contribution in [2.75, 3.05) is 11.9 Å². The molecule has 0 bridgehead atoms. The summed E-state index contributed by atoms with van der Waals surface area (Å²) in [6, 6.07) is 5.73. The normalized spacial score (nSPS) is 9.88. The lowest BCUT2D eigenvalue weighted by molar-refractivity contribution is 0.963. The second kappa shape index (κ2) is 5.12. The Morgan fingerprint density at radius 2 is 2.35 bits per heavy atom. The van der Waals surface area contributed by atoms with E-state index in [4.69, 9.17) is 5.26 Å². The van der Waals surface area contributed by atoms with Gasteiger partial charge in [-0.1, -0.05) is 0 Å². The Balaban J connectivity index is 1.99. The van der Waals surface area contributed by atoms with Crippen molar-refractivity contribution in [2.45, 2.75) is 13.3 Å². The highest BCUT2D eigenvalue weighted by atomic mass is 15.0. The minimum absolute atomic E-state index is 0.570. The zero-order valence-corrected chi connectivity index (χ0v) is 9.57. The number of H-pyrrole nitrogens is 1. The number of hydrogen-bond donors (Lipinski definition) is 2. The van der Waals surface area contributed by atoms with E-state index in [9.17, 15) is 0 Å². The van der Waals surface area contributed by atoms with Crippen LogP contribution < -0.4 is 5.32 Å². The van der Waals surface area contributed by atoms with Crippen molar-refractivity contribution < 1.29 is 0 Å². The van der Waals surface area contributed by atoms with Crippen LogP contribution >= 0.6 is 0 Å². The lowest BCUT2D eigenvalue weighted by Crippen LogP contribution is -2.08. The summed E-state index contributed by atoms with van der Waals surface area (Å²) in [7, 11) is 0. The fourth-order valence-electron chi connectivity index (χ4n) is 1.52. The number of aryl methyl sites for hydroxylation is 1. The summed E-state index contributed by atoms with van der Waals surface area (Å²) in [5, 5.41) is 12.1. The molecule has 0 spiro atoms. The fraction of sp³-hybridized carbons (Fsp3) is 0.250. The molecule has 0 saturated carbocycles. The van der Waals surface area contributed by atoms with E-state index in [1.165, 1.54) is 0 Å². The standard InChI is InChI=1S/C12H13N5/c1-9-2-3-10(6-13)12(17-9)15-5-4-11-7-14-8-16-11/h2-3,7-8H,4-5H2,1H3,(H,14,16)(H,15,17). The van der Waals surface area contributed by atoms with E-state index in [-0.39, 0.29) is 0 Å². The zero-order valence-electron chi connectivity index (χ0n) is 9.57. The predicted octanol–water partition coefficient (Wildman–Crippen LogP) is 1.64. The topological polar surface area (TPSA) is 77.4 Å².